The van der Waals surface area contributed by atoms with Crippen molar-refractivity contribution in [2.45, 2.75) is 76.1 Å². The zero-order valence-electron chi connectivity index (χ0n) is 23.9. The Balaban J connectivity index is 1.23. The average molecular weight is 577 g/mol. The lowest BCUT2D eigenvalue weighted by Crippen LogP contribution is -2.58. The van der Waals surface area contributed by atoms with E-state index in [1.165, 1.54) is 0 Å². The summed E-state index contributed by atoms with van der Waals surface area (Å²) in [6, 6.07) is 13.9. The van der Waals surface area contributed by atoms with E-state index in [0.29, 0.717) is 32.7 Å². The van der Waals surface area contributed by atoms with Gasteiger partial charge < -0.3 is 25.4 Å². The van der Waals surface area contributed by atoms with Crippen molar-refractivity contribution in [1.82, 2.24) is 15.5 Å². The number of urea groups is 1. The van der Waals surface area contributed by atoms with Crippen molar-refractivity contribution in [3.05, 3.63) is 59.7 Å². The first-order valence-electron chi connectivity index (χ1n) is 15.0. The van der Waals surface area contributed by atoms with Gasteiger partial charge in [0.05, 0.1) is 6.54 Å². The third-order valence-electron chi connectivity index (χ3n) is 8.60. The van der Waals surface area contributed by atoms with E-state index in [1.807, 2.05) is 48.5 Å². The summed E-state index contributed by atoms with van der Waals surface area (Å²) in [7, 11) is 0. The number of hydrogen-bond acceptors (Lipinski definition) is 6. The molecule has 2 aliphatic heterocycles. The first-order valence-corrected chi connectivity index (χ1v) is 15.0. The van der Waals surface area contributed by atoms with Crippen molar-refractivity contribution in [2.24, 2.45) is 5.92 Å². The van der Waals surface area contributed by atoms with Gasteiger partial charge in [0.25, 0.3) is 0 Å². The summed E-state index contributed by atoms with van der Waals surface area (Å²) in [5.74, 6) is 0.0813. The van der Waals surface area contributed by atoms with Gasteiger partial charge in [-0.2, -0.15) is 0 Å². The van der Waals surface area contributed by atoms with Crippen LogP contribution < -0.4 is 20.3 Å². The molecule has 3 aliphatic rings. The predicted molar refractivity (Wildman–Crippen MR) is 157 cm³/mol. The third-order valence-corrected chi connectivity index (χ3v) is 8.60. The zero-order chi connectivity index (χ0) is 29.5. The topological polar surface area (TPSA) is 128 Å². The second-order valence-electron chi connectivity index (χ2n) is 11.6. The van der Waals surface area contributed by atoms with Gasteiger partial charge in [0.1, 0.15) is 18.4 Å². The molecule has 3 N–H and O–H groups in total. The van der Waals surface area contributed by atoms with E-state index in [1.54, 1.807) is 9.80 Å². The number of carbonyl (C=O) groups excluding carboxylic acids is 4. The molecule has 2 atom stereocenters. The smallest absolute Gasteiger partial charge is 0.322 e. The molecule has 5 rings (SSSR count). The highest BCUT2D eigenvalue weighted by atomic mass is 16.5. The minimum absolute atomic E-state index is 0.151. The van der Waals surface area contributed by atoms with Crippen LogP contribution in [0.2, 0.25) is 0 Å². The predicted octanol–water partition coefficient (Wildman–Crippen LogP) is 3.30. The van der Waals surface area contributed by atoms with Gasteiger partial charge in [0, 0.05) is 37.2 Å². The highest BCUT2D eigenvalue weighted by Gasteiger charge is 2.36. The molecule has 0 saturated heterocycles. The van der Waals surface area contributed by atoms with Crippen LogP contribution in [0, 0.1) is 5.92 Å². The van der Waals surface area contributed by atoms with E-state index in [0.717, 1.165) is 61.1 Å². The molecule has 1 fully saturated rings. The van der Waals surface area contributed by atoms with Crippen LogP contribution in [-0.4, -0.2) is 65.6 Å². The minimum atomic E-state index is -2.25. The van der Waals surface area contributed by atoms with Gasteiger partial charge in [0.2, 0.25) is 11.8 Å². The highest BCUT2D eigenvalue weighted by molar-refractivity contribution is 5.97. The van der Waals surface area contributed by atoms with Crippen molar-refractivity contribution in [2.75, 3.05) is 24.6 Å². The van der Waals surface area contributed by atoms with Crippen molar-refractivity contribution < 1.29 is 29.0 Å². The Morgan fingerprint density at radius 1 is 1.02 bits per heavy atom. The van der Waals surface area contributed by atoms with Crippen LogP contribution in [0.25, 0.3) is 0 Å². The van der Waals surface area contributed by atoms with Crippen molar-refractivity contribution in [3.63, 3.8) is 0 Å². The van der Waals surface area contributed by atoms with Gasteiger partial charge >= 0.3 is 6.03 Å². The van der Waals surface area contributed by atoms with Gasteiger partial charge in [0.15, 0.2) is 12.0 Å². The molecule has 0 spiro atoms. The van der Waals surface area contributed by atoms with Crippen LogP contribution in [0.15, 0.2) is 48.5 Å². The van der Waals surface area contributed by atoms with E-state index in [9.17, 15) is 24.3 Å². The lowest BCUT2D eigenvalue weighted by molar-refractivity contribution is -0.143. The first-order chi connectivity index (χ1) is 20.3. The van der Waals surface area contributed by atoms with Gasteiger partial charge in [-0.1, -0.05) is 68.5 Å². The third kappa shape index (κ3) is 7.10. The maximum atomic E-state index is 13.5. The Bertz CT molecular complexity index is 1300. The molecule has 2 aromatic rings. The number of amides is 4. The molecule has 224 valence electrons. The van der Waals surface area contributed by atoms with Gasteiger partial charge in [-0.15, -0.1) is 0 Å². The van der Waals surface area contributed by atoms with Gasteiger partial charge in [-0.05, 0) is 36.5 Å². The molecule has 0 bridgehead atoms. The van der Waals surface area contributed by atoms with E-state index in [4.69, 9.17) is 4.74 Å². The summed E-state index contributed by atoms with van der Waals surface area (Å²) in [6.45, 7) is 1.57. The molecule has 1 saturated carbocycles. The van der Waals surface area contributed by atoms with Gasteiger partial charge in [-0.3, -0.25) is 19.3 Å². The average Bonchev–Trinajstić information content (AvgIpc) is 3.32. The molecule has 2 heterocycles. The van der Waals surface area contributed by atoms with Gasteiger partial charge in [-0.25, -0.2) is 4.79 Å². The fourth-order valence-electron chi connectivity index (χ4n) is 6.21. The standard InChI is InChI=1S/C32H40N4O6/c37-22-32(41,16-14-29(38)35-18-19-42-28-13-7-5-11-25(28)21-35)34-30(39)26(20-23-8-2-1-3-9-23)33-31(40)36-17-15-24-10-4-6-12-27(24)36/h4-7,10-13,22-23,26,41H,1-3,8-9,14-21H2,(H,33,40)(H,34,39)/t26-,32?/m0/s1. The summed E-state index contributed by atoms with van der Waals surface area (Å²) < 4.78 is 5.73. The number of hydrogen-bond donors (Lipinski definition) is 3. The number of para-hydroxylation sites is 2. The number of nitrogens with zero attached hydrogens (tertiary/aromatic N) is 2. The Labute approximate surface area is 246 Å². The second kappa shape index (κ2) is 13.4. The molecule has 42 heavy (non-hydrogen) atoms. The zero-order valence-corrected chi connectivity index (χ0v) is 23.9. The number of carbonyl (C=O) groups is 4. The van der Waals surface area contributed by atoms with Crippen LogP contribution in [0.3, 0.4) is 0 Å². The second-order valence-corrected chi connectivity index (χ2v) is 11.6. The number of benzene rings is 2. The highest BCUT2D eigenvalue weighted by Crippen LogP contribution is 2.30. The molecule has 4 amide bonds. The van der Waals surface area contributed by atoms with Crippen LogP contribution in [0.5, 0.6) is 5.75 Å². The first kappa shape index (κ1) is 29.6. The van der Waals surface area contributed by atoms with E-state index in [-0.39, 0.29) is 37.0 Å². The lowest BCUT2D eigenvalue weighted by atomic mass is 9.84. The fourth-order valence-corrected chi connectivity index (χ4v) is 6.21. The molecule has 10 nitrogen and oxygen atoms in total. The maximum Gasteiger partial charge on any atom is 0.322 e. The number of anilines is 1. The van der Waals surface area contributed by atoms with Crippen LogP contribution in [0.4, 0.5) is 10.5 Å². The molecule has 2 aromatic carbocycles. The Kier molecular flexibility index (Phi) is 9.41. The number of aldehydes is 1. The number of nitrogens with one attached hydrogen (secondary N) is 2. The van der Waals surface area contributed by atoms with E-state index < -0.39 is 17.7 Å². The molecular formula is C32H40N4O6. The molecular weight excluding hydrogens is 536 g/mol. The Morgan fingerprint density at radius 3 is 2.55 bits per heavy atom. The van der Waals surface area contributed by atoms with Crippen molar-refractivity contribution in [3.8, 4) is 5.75 Å². The molecule has 1 aliphatic carbocycles. The minimum Gasteiger partial charge on any atom is -0.491 e. The van der Waals surface area contributed by atoms with Crippen molar-refractivity contribution >= 4 is 29.8 Å². The molecule has 10 heteroatoms. The Morgan fingerprint density at radius 2 is 1.76 bits per heavy atom. The van der Waals surface area contributed by atoms with Crippen LogP contribution in [0.1, 0.15) is 62.5 Å². The van der Waals surface area contributed by atoms with E-state index in [2.05, 4.69) is 10.6 Å². The number of rotatable bonds is 9. The SMILES string of the molecule is O=CC(O)(CCC(=O)N1CCOc2ccccc2C1)NC(=O)[C@H](CC1CCCCC1)NC(=O)N1CCc2ccccc21. The Hall–Kier alpha value is -3.92. The lowest BCUT2D eigenvalue weighted by Gasteiger charge is -2.31. The summed E-state index contributed by atoms with van der Waals surface area (Å²) in [5.41, 5.74) is 0.517. The quantitative estimate of drug-likeness (QED) is 0.311. The molecule has 0 aromatic heterocycles. The van der Waals surface area contributed by atoms with E-state index >= 15 is 0 Å². The fraction of sp³-hybridized carbons (Fsp3) is 0.500. The van der Waals surface area contributed by atoms with Crippen LogP contribution >= 0.6 is 0 Å². The molecule has 1 unspecified atom stereocenters. The molecule has 0 radical (unpaired) electrons. The normalized spacial score (nSPS) is 18.9. The van der Waals surface area contributed by atoms with Crippen LogP contribution in [-0.2, 0) is 27.3 Å². The summed E-state index contributed by atoms with van der Waals surface area (Å²) in [4.78, 5) is 55.3. The monoisotopic (exact) mass is 576 g/mol. The number of ether oxygens (including phenoxy) is 1. The maximum absolute atomic E-state index is 13.5. The summed E-state index contributed by atoms with van der Waals surface area (Å²) >= 11 is 0. The summed E-state index contributed by atoms with van der Waals surface area (Å²) in [5, 5.41) is 16.4. The van der Waals surface area contributed by atoms with Crippen molar-refractivity contribution in [1.29, 1.82) is 0 Å². The summed E-state index contributed by atoms with van der Waals surface area (Å²) in [6.07, 6.45) is 6.17. The number of aliphatic hydroxyl groups is 1. The number of fused-ring (bicyclic) bond motifs is 2. The largest absolute Gasteiger partial charge is 0.491 e.